The zero-order valence-corrected chi connectivity index (χ0v) is 20.5. The number of nitrogen functional groups attached to an aromatic ring is 1. The molecule has 3 N–H and O–H groups in total. The zero-order valence-electron chi connectivity index (χ0n) is 20.5. The summed E-state index contributed by atoms with van der Waals surface area (Å²) in [6, 6.07) is 16.8. The molecular weight excluding hydrogens is 422 g/mol. The highest BCUT2D eigenvalue weighted by molar-refractivity contribution is 5.95. The lowest BCUT2D eigenvalue weighted by Crippen LogP contribution is -2.44. The second-order valence-corrected chi connectivity index (χ2v) is 9.72. The number of hydrogen-bond acceptors (Lipinski definition) is 4. The normalized spacial score (nSPS) is 18.9. The third kappa shape index (κ3) is 5.55. The van der Waals surface area contributed by atoms with Crippen molar-refractivity contribution in [2.24, 2.45) is 5.73 Å². The Labute approximate surface area is 202 Å². The molecule has 2 heterocycles. The van der Waals surface area contributed by atoms with E-state index in [9.17, 15) is 4.79 Å². The second kappa shape index (κ2) is 11.0. The molecule has 1 fully saturated rings. The van der Waals surface area contributed by atoms with Gasteiger partial charge < -0.3 is 10.3 Å². The smallest absolute Gasteiger partial charge is 0.273 e. The van der Waals surface area contributed by atoms with E-state index in [0.29, 0.717) is 36.3 Å². The van der Waals surface area contributed by atoms with Crippen molar-refractivity contribution in [2.75, 3.05) is 6.54 Å². The largest absolute Gasteiger partial charge is 0.384 e. The molecule has 3 aromatic rings. The van der Waals surface area contributed by atoms with Crippen LogP contribution in [0.5, 0.6) is 0 Å². The van der Waals surface area contributed by atoms with Gasteiger partial charge in [-0.05, 0) is 69.8 Å². The summed E-state index contributed by atoms with van der Waals surface area (Å²) in [5.41, 5.74) is 9.50. The van der Waals surface area contributed by atoms with Gasteiger partial charge in [-0.15, -0.1) is 0 Å². The summed E-state index contributed by atoms with van der Waals surface area (Å²) in [7, 11) is 0. The third-order valence-corrected chi connectivity index (χ3v) is 7.20. The molecule has 0 radical (unpaired) electrons. The monoisotopic (exact) mass is 459 g/mol. The summed E-state index contributed by atoms with van der Waals surface area (Å²) < 4.78 is 1.90. The van der Waals surface area contributed by atoms with Gasteiger partial charge in [-0.1, -0.05) is 43.2 Å². The highest BCUT2D eigenvalue weighted by Gasteiger charge is 2.23. The summed E-state index contributed by atoms with van der Waals surface area (Å²) in [6.07, 6.45) is 7.63. The molecule has 0 amide bonds. The summed E-state index contributed by atoms with van der Waals surface area (Å²) in [5, 5.41) is 7.69. The molecule has 0 aliphatic carbocycles. The van der Waals surface area contributed by atoms with Crippen LogP contribution in [-0.4, -0.2) is 38.9 Å². The number of unbranched alkanes of at least 4 members (excludes halogenated alkanes) is 2. The van der Waals surface area contributed by atoms with E-state index in [1.807, 2.05) is 53.1 Å². The molecule has 4 rings (SSSR count). The van der Waals surface area contributed by atoms with E-state index in [2.05, 4.69) is 18.7 Å². The number of nitrogens with two attached hydrogens (primary N) is 1. The topological polar surface area (TPSA) is 88.0 Å². The highest BCUT2D eigenvalue weighted by atomic mass is 16.1. The fourth-order valence-electron chi connectivity index (χ4n) is 5.28. The summed E-state index contributed by atoms with van der Waals surface area (Å²) in [6.45, 7) is 6.55. The van der Waals surface area contributed by atoms with Gasteiger partial charge in [-0.2, -0.15) is 0 Å². The lowest BCUT2D eigenvalue weighted by molar-refractivity contribution is 0.101. The van der Waals surface area contributed by atoms with Crippen LogP contribution >= 0.6 is 0 Å². The number of nitrogens with one attached hydrogen (secondary N) is 1. The fraction of sp³-hybridized carbons (Fsp3) is 0.464. The van der Waals surface area contributed by atoms with E-state index in [1.165, 1.54) is 19.3 Å². The van der Waals surface area contributed by atoms with E-state index in [-0.39, 0.29) is 11.4 Å². The molecule has 1 aliphatic rings. The number of rotatable bonds is 9. The van der Waals surface area contributed by atoms with Crippen LogP contribution in [0.15, 0.2) is 53.3 Å². The van der Waals surface area contributed by atoms with Gasteiger partial charge >= 0.3 is 0 Å². The van der Waals surface area contributed by atoms with Crippen LogP contribution in [0, 0.1) is 5.41 Å². The van der Waals surface area contributed by atoms with Crippen molar-refractivity contribution in [1.82, 2.24) is 14.5 Å². The van der Waals surface area contributed by atoms with Gasteiger partial charge in [0.1, 0.15) is 11.5 Å². The van der Waals surface area contributed by atoms with Gasteiger partial charge in [0.25, 0.3) is 5.56 Å². The first-order valence-corrected chi connectivity index (χ1v) is 12.6. The lowest BCUT2D eigenvalue weighted by atomic mass is 9.97. The Kier molecular flexibility index (Phi) is 7.78. The van der Waals surface area contributed by atoms with Gasteiger partial charge in [0.15, 0.2) is 0 Å². The number of aryl methyl sites for hydroxylation is 1. The van der Waals surface area contributed by atoms with E-state index in [0.717, 1.165) is 42.4 Å². The summed E-state index contributed by atoms with van der Waals surface area (Å²) in [5.74, 6) is 0.0269. The van der Waals surface area contributed by atoms with Crippen molar-refractivity contribution >= 4 is 16.9 Å². The number of likely N-dealkylation sites (tertiary alicyclic amines) is 1. The van der Waals surface area contributed by atoms with Crippen LogP contribution in [-0.2, 0) is 13.0 Å². The average molecular weight is 460 g/mol. The molecule has 6 nitrogen and oxygen atoms in total. The van der Waals surface area contributed by atoms with Crippen molar-refractivity contribution in [2.45, 2.75) is 77.4 Å². The Morgan fingerprint density at radius 2 is 1.76 bits per heavy atom. The molecule has 0 saturated carbocycles. The first kappa shape index (κ1) is 24.1. The number of aromatic nitrogens is 2. The number of piperidine rings is 1. The van der Waals surface area contributed by atoms with E-state index in [4.69, 9.17) is 16.1 Å². The van der Waals surface area contributed by atoms with Gasteiger partial charge in [-0.25, -0.2) is 4.98 Å². The van der Waals surface area contributed by atoms with Crippen LogP contribution in [0.4, 0.5) is 0 Å². The number of benzene rings is 2. The van der Waals surface area contributed by atoms with Crippen molar-refractivity contribution < 1.29 is 0 Å². The Hall–Kier alpha value is -2.99. The van der Waals surface area contributed by atoms with E-state index < -0.39 is 0 Å². The maximum absolute atomic E-state index is 13.4. The fourth-order valence-corrected chi connectivity index (χ4v) is 5.28. The number of fused-ring (bicyclic) bond motifs is 1. The van der Waals surface area contributed by atoms with E-state index in [1.54, 1.807) is 0 Å². The van der Waals surface area contributed by atoms with Crippen molar-refractivity contribution in [1.29, 1.82) is 5.41 Å². The van der Waals surface area contributed by atoms with Gasteiger partial charge in [0.2, 0.25) is 0 Å². The number of para-hydroxylation sites is 2. The van der Waals surface area contributed by atoms with Gasteiger partial charge in [0.05, 0.1) is 11.0 Å². The molecule has 0 bridgehead atoms. The van der Waals surface area contributed by atoms with Crippen LogP contribution in [0.25, 0.3) is 11.0 Å². The van der Waals surface area contributed by atoms with Crippen molar-refractivity contribution in [3.05, 3.63) is 75.7 Å². The van der Waals surface area contributed by atoms with Crippen LogP contribution < -0.4 is 11.3 Å². The molecule has 1 saturated heterocycles. The number of hydrogen-bond donors (Lipinski definition) is 2. The average Bonchev–Trinajstić information content (AvgIpc) is 2.82. The predicted molar refractivity (Wildman–Crippen MR) is 140 cm³/mol. The maximum atomic E-state index is 13.4. The highest BCUT2D eigenvalue weighted by Crippen LogP contribution is 2.23. The van der Waals surface area contributed by atoms with E-state index >= 15 is 0 Å². The third-order valence-electron chi connectivity index (χ3n) is 7.20. The first-order chi connectivity index (χ1) is 16.4. The maximum Gasteiger partial charge on any atom is 0.273 e. The van der Waals surface area contributed by atoms with Crippen LogP contribution in [0.1, 0.15) is 69.2 Å². The Bertz CT molecular complexity index is 1190. The van der Waals surface area contributed by atoms with Crippen LogP contribution in [0.3, 0.4) is 0 Å². The predicted octanol–water partition coefficient (Wildman–Crippen LogP) is 4.70. The summed E-state index contributed by atoms with van der Waals surface area (Å²) in [4.78, 5) is 20.8. The SMILES string of the molecule is C[C@@H]1CCC[C@H](C)N1CCCCCn1c(=O)c(Cc2cccc(C(=N)N)c2)nc2ccccc21. The minimum Gasteiger partial charge on any atom is -0.384 e. The van der Waals surface area contributed by atoms with Crippen LogP contribution in [0.2, 0.25) is 0 Å². The Balaban J connectivity index is 1.47. The molecular formula is C28H37N5O. The molecule has 0 unspecified atom stereocenters. The lowest BCUT2D eigenvalue weighted by Gasteiger charge is -2.39. The van der Waals surface area contributed by atoms with Gasteiger partial charge in [-0.3, -0.25) is 15.1 Å². The minimum absolute atomic E-state index is 0.0230. The molecule has 2 aromatic carbocycles. The molecule has 34 heavy (non-hydrogen) atoms. The van der Waals surface area contributed by atoms with Crippen molar-refractivity contribution in [3.63, 3.8) is 0 Å². The first-order valence-electron chi connectivity index (χ1n) is 12.6. The summed E-state index contributed by atoms with van der Waals surface area (Å²) >= 11 is 0. The minimum atomic E-state index is -0.0230. The Morgan fingerprint density at radius 1 is 1.03 bits per heavy atom. The van der Waals surface area contributed by atoms with Crippen molar-refractivity contribution in [3.8, 4) is 0 Å². The molecule has 180 valence electrons. The Morgan fingerprint density at radius 3 is 2.53 bits per heavy atom. The molecule has 1 aromatic heterocycles. The molecule has 2 atom stereocenters. The number of nitrogens with zero attached hydrogens (tertiary/aromatic N) is 3. The molecule has 0 spiro atoms. The standard InChI is InChI=1S/C28H37N5O/c1-20-10-8-11-21(2)32(20)16-6-3-7-17-33-26-15-5-4-14-24(26)31-25(28(33)34)19-22-12-9-13-23(18-22)27(29)30/h4-5,9,12-15,18,20-21H,3,6-8,10-11,16-17,19H2,1-2H3,(H3,29,30)/t20-,21+. The van der Waals surface area contributed by atoms with Gasteiger partial charge in [0, 0.05) is 30.6 Å². The molecule has 6 heteroatoms. The zero-order chi connectivity index (χ0) is 24.1. The molecule has 1 aliphatic heterocycles. The second-order valence-electron chi connectivity index (χ2n) is 9.72. The number of amidine groups is 1. The quantitative estimate of drug-likeness (QED) is 0.276.